The van der Waals surface area contributed by atoms with Crippen LogP contribution in [0, 0.1) is 10.8 Å². The zero-order valence-corrected chi connectivity index (χ0v) is 11.8. The van der Waals surface area contributed by atoms with Crippen molar-refractivity contribution in [3.63, 3.8) is 0 Å². The average Bonchev–Trinajstić information content (AvgIpc) is 2.39. The second-order valence-electron chi connectivity index (χ2n) is 6.14. The summed E-state index contributed by atoms with van der Waals surface area (Å²) in [5.74, 6) is 0.268. The van der Waals surface area contributed by atoms with Gasteiger partial charge in [0.2, 0.25) is 5.91 Å². The summed E-state index contributed by atoms with van der Waals surface area (Å²) < 4.78 is 5.35. The van der Waals surface area contributed by atoms with Crippen LogP contribution in [0.15, 0.2) is 0 Å². The number of carbonyl (C=O) groups is 1. The summed E-state index contributed by atoms with van der Waals surface area (Å²) in [7, 11) is 0. The zero-order chi connectivity index (χ0) is 13.4. The molecule has 0 aromatic rings. The summed E-state index contributed by atoms with van der Waals surface area (Å²) in [5, 5.41) is 13.1. The molecule has 1 aliphatic carbocycles. The van der Waals surface area contributed by atoms with Crippen LogP contribution >= 0.6 is 11.6 Å². The van der Waals surface area contributed by atoms with Crippen molar-refractivity contribution in [1.82, 2.24) is 5.32 Å². The fourth-order valence-electron chi connectivity index (χ4n) is 2.81. The van der Waals surface area contributed by atoms with Crippen molar-refractivity contribution >= 4 is 17.5 Å². The van der Waals surface area contributed by atoms with E-state index in [2.05, 4.69) is 5.32 Å². The molecule has 5 heteroatoms. The van der Waals surface area contributed by atoms with Crippen LogP contribution in [0.2, 0.25) is 0 Å². The summed E-state index contributed by atoms with van der Waals surface area (Å²) in [5.41, 5.74) is -0.731. The summed E-state index contributed by atoms with van der Waals surface area (Å²) in [6.07, 6.45) is 1.97. The second kappa shape index (κ2) is 4.99. The van der Waals surface area contributed by atoms with Crippen LogP contribution in [-0.4, -0.2) is 42.3 Å². The van der Waals surface area contributed by atoms with Crippen molar-refractivity contribution in [3.05, 3.63) is 0 Å². The quantitative estimate of drug-likeness (QED) is 0.764. The number of amides is 1. The fraction of sp³-hybridized carbons (Fsp3) is 0.923. The van der Waals surface area contributed by atoms with Gasteiger partial charge in [0, 0.05) is 30.6 Å². The van der Waals surface area contributed by atoms with E-state index in [1.165, 1.54) is 0 Å². The highest BCUT2D eigenvalue weighted by Crippen LogP contribution is 2.49. The summed E-state index contributed by atoms with van der Waals surface area (Å²) in [6, 6.07) is 0.0615. The maximum atomic E-state index is 12.1. The van der Waals surface area contributed by atoms with E-state index in [9.17, 15) is 9.90 Å². The first-order valence-electron chi connectivity index (χ1n) is 6.55. The van der Waals surface area contributed by atoms with Gasteiger partial charge in [-0.25, -0.2) is 0 Å². The highest BCUT2D eigenvalue weighted by atomic mass is 35.5. The van der Waals surface area contributed by atoms with Crippen LogP contribution < -0.4 is 5.32 Å². The summed E-state index contributed by atoms with van der Waals surface area (Å²) in [6.45, 7) is 5.01. The molecule has 1 saturated heterocycles. The normalized spacial score (nSPS) is 30.9. The Morgan fingerprint density at radius 3 is 2.61 bits per heavy atom. The van der Waals surface area contributed by atoms with Gasteiger partial charge in [-0.1, -0.05) is 0 Å². The molecule has 2 aliphatic rings. The fourth-order valence-corrected chi connectivity index (χ4v) is 2.94. The van der Waals surface area contributed by atoms with Gasteiger partial charge in [0.1, 0.15) is 0 Å². The second-order valence-corrected chi connectivity index (χ2v) is 6.41. The minimum atomic E-state index is -0.561. The molecule has 1 spiro atoms. The molecule has 0 aromatic carbocycles. The Balaban J connectivity index is 2.00. The highest BCUT2D eigenvalue weighted by Gasteiger charge is 2.55. The summed E-state index contributed by atoms with van der Waals surface area (Å²) in [4.78, 5) is 12.1. The number of alkyl halides is 1. The number of aliphatic hydroxyl groups is 1. The van der Waals surface area contributed by atoms with Crippen LogP contribution in [0.5, 0.6) is 0 Å². The number of aliphatic hydroxyl groups excluding tert-OH is 1. The first-order chi connectivity index (χ1) is 8.42. The van der Waals surface area contributed by atoms with E-state index in [1.807, 2.05) is 13.8 Å². The van der Waals surface area contributed by atoms with Crippen molar-refractivity contribution in [3.8, 4) is 0 Å². The number of ether oxygens (including phenoxy) is 1. The minimum absolute atomic E-state index is 0.0275. The van der Waals surface area contributed by atoms with Crippen molar-refractivity contribution < 1.29 is 14.6 Å². The lowest BCUT2D eigenvalue weighted by atomic mass is 9.57. The van der Waals surface area contributed by atoms with Gasteiger partial charge in [-0.15, -0.1) is 11.6 Å². The molecular formula is C13H22ClNO3. The van der Waals surface area contributed by atoms with E-state index in [0.717, 1.165) is 12.8 Å². The first kappa shape index (κ1) is 14.1. The van der Waals surface area contributed by atoms with E-state index >= 15 is 0 Å². The molecule has 1 amide bonds. The summed E-state index contributed by atoms with van der Waals surface area (Å²) >= 11 is 5.81. The number of halogens is 1. The van der Waals surface area contributed by atoms with Crippen LogP contribution in [0.3, 0.4) is 0 Å². The molecule has 2 fully saturated rings. The Hall–Kier alpha value is -0.320. The van der Waals surface area contributed by atoms with E-state index in [-0.39, 0.29) is 23.5 Å². The molecule has 2 atom stereocenters. The monoisotopic (exact) mass is 275 g/mol. The van der Waals surface area contributed by atoms with Gasteiger partial charge >= 0.3 is 0 Å². The van der Waals surface area contributed by atoms with Gasteiger partial charge in [-0.3, -0.25) is 4.79 Å². The van der Waals surface area contributed by atoms with Gasteiger partial charge in [-0.05, 0) is 33.1 Å². The number of hydrogen-bond donors (Lipinski definition) is 2. The Labute approximate surface area is 113 Å². The van der Waals surface area contributed by atoms with Gasteiger partial charge in [0.05, 0.1) is 11.5 Å². The Kier molecular flexibility index (Phi) is 3.90. The van der Waals surface area contributed by atoms with E-state index in [1.54, 1.807) is 0 Å². The van der Waals surface area contributed by atoms with Gasteiger partial charge < -0.3 is 15.2 Å². The van der Waals surface area contributed by atoms with Gasteiger partial charge in [0.25, 0.3) is 0 Å². The maximum Gasteiger partial charge on any atom is 0.227 e. The molecule has 0 radical (unpaired) electrons. The molecule has 18 heavy (non-hydrogen) atoms. The lowest BCUT2D eigenvalue weighted by Gasteiger charge is -2.56. The molecule has 1 aliphatic heterocycles. The standard InChI is InChI=1S/C13H22ClNO3/c1-12(2,8-14)11(17)15-9-7-10(16)13(9)3-5-18-6-4-13/h9-10,16H,3-8H2,1-2H3,(H,15,17). The predicted octanol–water partition coefficient (Wildman–Crippen LogP) is 1.30. The van der Waals surface area contributed by atoms with E-state index in [0.29, 0.717) is 25.5 Å². The molecule has 104 valence electrons. The highest BCUT2D eigenvalue weighted by molar-refractivity contribution is 6.19. The van der Waals surface area contributed by atoms with Crippen molar-refractivity contribution in [2.75, 3.05) is 19.1 Å². The number of nitrogens with one attached hydrogen (secondary N) is 1. The number of rotatable bonds is 3. The molecule has 2 unspecified atom stereocenters. The van der Waals surface area contributed by atoms with Crippen LogP contribution in [0.4, 0.5) is 0 Å². The lowest BCUT2D eigenvalue weighted by molar-refractivity contribution is -0.159. The zero-order valence-electron chi connectivity index (χ0n) is 11.0. The molecule has 4 nitrogen and oxygen atoms in total. The Morgan fingerprint density at radius 2 is 2.11 bits per heavy atom. The number of carbonyl (C=O) groups excluding carboxylic acids is 1. The van der Waals surface area contributed by atoms with Crippen LogP contribution in [0.1, 0.15) is 33.1 Å². The van der Waals surface area contributed by atoms with Crippen molar-refractivity contribution in [2.24, 2.45) is 10.8 Å². The van der Waals surface area contributed by atoms with E-state index in [4.69, 9.17) is 16.3 Å². The first-order valence-corrected chi connectivity index (χ1v) is 7.08. The molecule has 0 bridgehead atoms. The van der Waals surface area contributed by atoms with Crippen LogP contribution in [-0.2, 0) is 9.53 Å². The molecule has 2 N–H and O–H groups in total. The Bertz CT molecular complexity index is 326. The topological polar surface area (TPSA) is 58.6 Å². The minimum Gasteiger partial charge on any atom is -0.392 e. The van der Waals surface area contributed by atoms with Crippen LogP contribution in [0.25, 0.3) is 0 Å². The SMILES string of the molecule is CC(C)(CCl)C(=O)NC1CC(O)C12CCOCC2. The molecule has 1 saturated carbocycles. The third-order valence-corrected chi connectivity index (χ3v) is 5.16. The van der Waals surface area contributed by atoms with Gasteiger partial charge in [0.15, 0.2) is 0 Å². The largest absolute Gasteiger partial charge is 0.392 e. The lowest BCUT2D eigenvalue weighted by Crippen LogP contribution is -2.66. The van der Waals surface area contributed by atoms with Gasteiger partial charge in [-0.2, -0.15) is 0 Å². The molecule has 2 rings (SSSR count). The van der Waals surface area contributed by atoms with Crippen molar-refractivity contribution in [1.29, 1.82) is 0 Å². The molecular weight excluding hydrogens is 254 g/mol. The average molecular weight is 276 g/mol. The molecule has 1 heterocycles. The smallest absolute Gasteiger partial charge is 0.227 e. The van der Waals surface area contributed by atoms with E-state index < -0.39 is 5.41 Å². The molecule has 0 aromatic heterocycles. The Morgan fingerprint density at radius 1 is 1.50 bits per heavy atom. The predicted molar refractivity (Wildman–Crippen MR) is 69.5 cm³/mol. The third-order valence-electron chi connectivity index (χ3n) is 4.49. The maximum absolute atomic E-state index is 12.1. The number of hydrogen-bond acceptors (Lipinski definition) is 3. The van der Waals surface area contributed by atoms with Crippen molar-refractivity contribution in [2.45, 2.75) is 45.3 Å². The third kappa shape index (κ3) is 2.26.